The standard InChI is InChI=1S/C30H27BrClF3N6O3/c31-25-26(38-27(42)23-6-1-2-7-24(23)32)41(22-5-3-4-20(18-22)30(33,34)35)39-28(25)44-29(43)37-15-8-19-11-16-40(17-12-19)21-9-13-36-14-10-21/h1-7,9-10,13-14,18-19H,8,11-12,15-17H2,(H,37,43)(H,38,42). The van der Waals surface area contributed by atoms with Crippen molar-refractivity contribution in [2.45, 2.75) is 25.4 Å². The number of anilines is 2. The Morgan fingerprint density at radius 2 is 1.75 bits per heavy atom. The maximum Gasteiger partial charge on any atom is 0.416 e. The number of hydrogen-bond donors (Lipinski definition) is 2. The van der Waals surface area contributed by atoms with Gasteiger partial charge in [-0.05, 0) is 83.6 Å². The normalized spacial score (nSPS) is 13.9. The van der Waals surface area contributed by atoms with Crippen LogP contribution in [0.15, 0.2) is 77.5 Å². The van der Waals surface area contributed by atoms with Crippen molar-refractivity contribution in [3.8, 4) is 11.6 Å². The van der Waals surface area contributed by atoms with Gasteiger partial charge in [0.15, 0.2) is 5.82 Å². The van der Waals surface area contributed by atoms with E-state index in [0.717, 1.165) is 54.9 Å². The topological polar surface area (TPSA) is 101 Å². The number of carbonyl (C=O) groups is 2. The van der Waals surface area contributed by atoms with Gasteiger partial charge >= 0.3 is 12.3 Å². The van der Waals surface area contributed by atoms with E-state index in [2.05, 4.69) is 41.5 Å². The zero-order valence-corrected chi connectivity index (χ0v) is 25.5. The molecule has 0 aliphatic carbocycles. The molecule has 0 bridgehead atoms. The summed E-state index contributed by atoms with van der Waals surface area (Å²) in [4.78, 5) is 32.1. The molecule has 1 saturated heterocycles. The van der Waals surface area contributed by atoms with Gasteiger partial charge in [-0.15, -0.1) is 5.10 Å². The number of rotatable bonds is 8. The molecule has 2 N–H and O–H groups in total. The molecule has 4 aromatic rings. The van der Waals surface area contributed by atoms with E-state index in [1.165, 1.54) is 24.3 Å². The van der Waals surface area contributed by atoms with Gasteiger partial charge in [0.1, 0.15) is 4.47 Å². The number of carbonyl (C=O) groups excluding carboxylic acids is 2. The average Bonchev–Trinajstić information content (AvgIpc) is 3.31. The Morgan fingerprint density at radius 3 is 2.45 bits per heavy atom. The van der Waals surface area contributed by atoms with Crippen LogP contribution in [-0.4, -0.2) is 46.4 Å². The Morgan fingerprint density at radius 1 is 1.02 bits per heavy atom. The van der Waals surface area contributed by atoms with Crippen LogP contribution in [0.25, 0.3) is 5.69 Å². The summed E-state index contributed by atoms with van der Waals surface area (Å²) in [7, 11) is 0. The van der Waals surface area contributed by atoms with E-state index in [-0.39, 0.29) is 32.4 Å². The molecule has 5 rings (SSSR count). The van der Waals surface area contributed by atoms with Crippen molar-refractivity contribution in [3.05, 3.63) is 93.7 Å². The highest BCUT2D eigenvalue weighted by Crippen LogP contribution is 2.37. The number of nitrogens with zero attached hydrogens (tertiary/aromatic N) is 4. The van der Waals surface area contributed by atoms with E-state index in [1.807, 2.05) is 12.1 Å². The van der Waals surface area contributed by atoms with Crippen LogP contribution in [0.3, 0.4) is 0 Å². The van der Waals surface area contributed by atoms with E-state index in [4.69, 9.17) is 16.3 Å². The van der Waals surface area contributed by atoms with E-state index < -0.39 is 23.7 Å². The highest BCUT2D eigenvalue weighted by molar-refractivity contribution is 9.10. The SMILES string of the molecule is O=C(NCCC1CCN(c2ccncc2)CC1)Oc1nn(-c2cccc(C(F)(F)F)c2)c(NC(=O)c2ccccc2Cl)c1Br. The first-order chi connectivity index (χ1) is 21.1. The van der Waals surface area contributed by atoms with Crippen molar-refractivity contribution in [1.29, 1.82) is 0 Å². The molecule has 1 aliphatic heterocycles. The van der Waals surface area contributed by atoms with Crippen LogP contribution < -0.4 is 20.3 Å². The van der Waals surface area contributed by atoms with Crippen LogP contribution in [0, 0.1) is 5.92 Å². The van der Waals surface area contributed by atoms with Crippen LogP contribution in [0.5, 0.6) is 5.88 Å². The number of benzene rings is 2. The predicted molar refractivity (Wildman–Crippen MR) is 163 cm³/mol. The Bertz CT molecular complexity index is 1630. The molecule has 44 heavy (non-hydrogen) atoms. The minimum absolute atomic E-state index is 0.0247. The summed E-state index contributed by atoms with van der Waals surface area (Å²) in [5.74, 6) is -0.527. The molecule has 0 saturated carbocycles. The van der Waals surface area contributed by atoms with E-state index in [0.29, 0.717) is 12.5 Å². The molecular weight excluding hydrogens is 665 g/mol. The van der Waals surface area contributed by atoms with Crippen LogP contribution in [0.4, 0.5) is 29.5 Å². The summed E-state index contributed by atoms with van der Waals surface area (Å²) < 4.78 is 46.9. The highest BCUT2D eigenvalue weighted by atomic mass is 79.9. The molecule has 0 atom stereocenters. The number of aromatic nitrogens is 3. The van der Waals surface area contributed by atoms with Crippen LogP contribution >= 0.6 is 27.5 Å². The number of ether oxygens (including phenoxy) is 1. The molecular formula is C30H27BrClF3N6O3. The summed E-state index contributed by atoms with van der Waals surface area (Å²) in [5.41, 5.74) is 0.322. The first kappa shape index (κ1) is 31.3. The maximum atomic E-state index is 13.5. The Kier molecular flexibility index (Phi) is 9.74. The maximum absolute atomic E-state index is 13.5. The molecule has 230 valence electrons. The Balaban J connectivity index is 1.27. The fourth-order valence-corrected chi connectivity index (χ4v) is 5.56. The second-order valence-corrected chi connectivity index (χ2v) is 11.3. The molecule has 14 heteroatoms. The third-order valence-electron chi connectivity index (χ3n) is 7.22. The third kappa shape index (κ3) is 7.51. The number of piperidine rings is 1. The fraction of sp³-hybridized carbons (Fsp3) is 0.267. The van der Waals surface area contributed by atoms with Gasteiger partial charge in [0, 0.05) is 37.7 Å². The second-order valence-electron chi connectivity index (χ2n) is 10.1. The molecule has 0 radical (unpaired) electrons. The number of amides is 2. The second kappa shape index (κ2) is 13.7. The van der Waals surface area contributed by atoms with Crippen molar-refractivity contribution in [2.75, 3.05) is 29.9 Å². The van der Waals surface area contributed by atoms with E-state index in [9.17, 15) is 22.8 Å². The zero-order chi connectivity index (χ0) is 31.3. The first-order valence-corrected chi connectivity index (χ1v) is 14.9. The summed E-state index contributed by atoms with van der Waals surface area (Å²) >= 11 is 9.46. The third-order valence-corrected chi connectivity index (χ3v) is 8.26. The summed E-state index contributed by atoms with van der Waals surface area (Å²) in [5, 5.41) is 9.71. The van der Waals surface area contributed by atoms with Gasteiger partial charge in [-0.25, -0.2) is 9.48 Å². The monoisotopic (exact) mass is 690 g/mol. The highest BCUT2D eigenvalue weighted by Gasteiger charge is 2.31. The summed E-state index contributed by atoms with van der Waals surface area (Å²) in [6, 6.07) is 14.6. The lowest BCUT2D eigenvalue weighted by Crippen LogP contribution is -2.35. The molecule has 1 fully saturated rings. The van der Waals surface area contributed by atoms with E-state index >= 15 is 0 Å². The Hall–Kier alpha value is -4.10. The lowest BCUT2D eigenvalue weighted by molar-refractivity contribution is -0.137. The lowest BCUT2D eigenvalue weighted by atomic mass is 9.93. The number of halogens is 5. The van der Waals surface area contributed by atoms with Crippen molar-refractivity contribution in [3.63, 3.8) is 0 Å². The molecule has 0 spiro atoms. The fourth-order valence-electron chi connectivity index (χ4n) is 4.91. The number of hydrogen-bond acceptors (Lipinski definition) is 6. The van der Waals surface area contributed by atoms with Gasteiger partial charge in [-0.2, -0.15) is 13.2 Å². The predicted octanol–water partition coefficient (Wildman–Crippen LogP) is 7.35. The first-order valence-electron chi connectivity index (χ1n) is 13.7. The molecule has 2 aromatic heterocycles. The van der Waals surface area contributed by atoms with Gasteiger partial charge < -0.3 is 20.3 Å². The minimum atomic E-state index is -4.61. The van der Waals surface area contributed by atoms with Crippen LogP contribution in [-0.2, 0) is 6.18 Å². The molecule has 2 amide bonds. The molecule has 9 nitrogen and oxygen atoms in total. The van der Waals surface area contributed by atoms with Crippen molar-refractivity contribution in [2.24, 2.45) is 5.92 Å². The number of pyridine rings is 1. The summed E-state index contributed by atoms with van der Waals surface area (Å²) in [6.07, 6.45) is 0.828. The molecule has 0 unspecified atom stereocenters. The van der Waals surface area contributed by atoms with Crippen LogP contribution in [0.2, 0.25) is 5.02 Å². The molecule has 1 aliphatic rings. The van der Waals surface area contributed by atoms with E-state index in [1.54, 1.807) is 24.5 Å². The Labute approximate surface area is 264 Å². The summed E-state index contributed by atoms with van der Waals surface area (Å²) in [6.45, 7) is 2.17. The van der Waals surface area contributed by atoms with Crippen molar-refractivity contribution < 1.29 is 27.5 Å². The quantitative estimate of drug-likeness (QED) is 0.201. The lowest BCUT2D eigenvalue weighted by Gasteiger charge is -2.33. The van der Waals surface area contributed by atoms with Gasteiger partial charge in [0.2, 0.25) is 0 Å². The van der Waals surface area contributed by atoms with Gasteiger partial charge in [-0.1, -0.05) is 29.8 Å². The molecule has 2 aromatic carbocycles. The van der Waals surface area contributed by atoms with Crippen LogP contribution in [0.1, 0.15) is 35.2 Å². The van der Waals surface area contributed by atoms with Crippen molar-refractivity contribution in [1.82, 2.24) is 20.1 Å². The largest absolute Gasteiger partial charge is 0.416 e. The number of alkyl halides is 3. The zero-order valence-electron chi connectivity index (χ0n) is 23.2. The number of nitrogens with one attached hydrogen (secondary N) is 2. The van der Waals surface area contributed by atoms with Crippen molar-refractivity contribution >= 4 is 51.0 Å². The smallest absolute Gasteiger partial charge is 0.388 e. The average molecular weight is 692 g/mol. The molecule has 3 heterocycles. The minimum Gasteiger partial charge on any atom is -0.388 e. The van der Waals surface area contributed by atoms with Gasteiger partial charge in [-0.3, -0.25) is 9.78 Å². The van der Waals surface area contributed by atoms with Gasteiger partial charge in [0.25, 0.3) is 11.8 Å². The van der Waals surface area contributed by atoms with Gasteiger partial charge in [0.05, 0.1) is 21.8 Å².